The number of aliphatic imine (C=N–C) groups is 1. The second kappa shape index (κ2) is 10.8. The lowest BCUT2D eigenvalue weighted by atomic mass is 10.2. The van der Waals surface area contributed by atoms with Gasteiger partial charge in [0.25, 0.3) is 5.91 Å². The zero-order valence-corrected chi connectivity index (χ0v) is 17.9. The van der Waals surface area contributed by atoms with Gasteiger partial charge in [0.1, 0.15) is 11.5 Å². The van der Waals surface area contributed by atoms with Crippen molar-refractivity contribution in [3.8, 4) is 11.5 Å². The summed E-state index contributed by atoms with van der Waals surface area (Å²) in [6.45, 7) is 3.68. The molecule has 8 heteroatoms. The normalized spacial score (nSPS) is 16.2. The Kier molecular flexibility index (Phi) is 7.93. The van der Waals surface area contributed by atoms with Gasteiger partial charge in [-0.3, -0.25) is 10.1 Å². The molecule has 2 aromatic carbocycles. The van der Waals surface area contributed by atoms with E-state index in [9.17, 15) is 4.79 Å². The van der Waals surface area contributed by atoms with E-state index in [0.29, 0.717) is 46.9 Å². The van der Waals surface area contributed by atoms with E-state index < -0.39 is 0 Å². The zero-order chi connectivity index (χ0) is 21.3. The van der Waals surface area contributed by atoms with Crippen LogP contribution in [-0.2, 0) is 4.74 Å². The van der Waals surface area contributed by atoms with E-state index in [1.54, 1.807) is 49.6 Å². The summed E-state index contributed by atoms with van der Waals surface area (Å²) in [5.41, 5.74) is 1.18. The van der Waals surface area contributed by atoms with Gasteiger partial charge in [-0.1, -0.05) is 11.6 Å². The molecule has 1 fully saturated rings. The Morgan fingerprint density at radius 3 is 2.70 bits per heavy atom. The molecule has 0 bridgehead atoms. The summed E-state index contributed by atoms with van der Waals surface area (Å²) in [7, 11) is 1.56. The van der Waals surface area contributed by atoms with Gasteiger partial charge in [-0.15, -0.1) is 0 Å². The van der Waals surface area contributed by atoms with Crippen molar-refractivity contribution in [3.63, 3.8) is 0 Å². The van der Waals surface area contributed by atoms with Crippen LogP contribution >= 0.6 is 11.6 Å². The lowest BCUT2D eigenvalue weighted by Gasteiger charge is -2.14. The number of hydrogen-bond donors (Lipinski definition) is 2. The number of amides is 1. The number of guanidine groups is 1. The van der Waals surface area contributed by atoms with Crippen LogP contribution in [0.5, 0.6) is 11.5 Å². The first-order valence-corrected chi connectivity index (χ1v) is 10.3. The minimum Gasteiger partial charge on any atom is -0.495 e. The molecule has 0 radical (unpaired) electrons. The third-order valence-electron chi connectivity index (χ3n) is 4.55. The lowest BCUT2D eigenvalue weighted by molar-refractivity contribution is 0.0975. The first-order chi connectivity index (χ1) is 14.6. The number of anilines is 1. The molecule has 2 N–H and O–H groups in total. The molecule has 1 aliphatic rings. The average molecular weight is 432 g/mol. The predicted molar refractivity (Wildman–Crippen MR) is 118 cm³/mol. The van der Waals surface area contributed by atoms with Crippen LogP contribution in [0.4, 0.5) is 5.69 Å². The molecule has 1 heterocycles. The summed E-state index contributed by atoms with van der Waals surface area (Å²) < 4.78 is 16.2. The fraction of sp³-hybridized carbons (Fsp3) is 0.364. The van der Waals surface area contributed by atoms with Crippen molar-refractivity contribution < 1.29 is 19.0 Å². The number of methoxy groups -OCH3 is 1. The highest BCUT2D eigenvalue weighted by Crippen LogP contribution is 2.27. The minimum atomic E-state index is -0.281. The fourth-order valence-corrected chi connectivity index (χ4v) is 3.28. The number of rotatable bonds is 7. The van der Waals surface area contributed by atoms with Crippen LogP contribution < -0.4 is 20.1 Å². The Morgan fingerprint density at radius 1 is 1.27 bits per heavy atom. The Morgan fingerprint density at radius 2 is 2.07 bits per heavy atom. The van der Waals surface area contributed by atoms with Crippen molar-refractivity contribution >= 4 is 29.2 Å². The Bertz CT molecular complexity index is 880. The lowest BCUT2D eigenvalue weighted by Crippen LogP contribution is -2.36. The highest BCUT2D eigenvalue weighted by Gasteiger charge is 2.16. The average Bonchev–Trinajstić information content (AvgIpc) is 3.26. The number of halogens is 1. The number of ether oxygens (including phenoxy) is 3. The standard InChI is InChI=1S/C22H26ClN3O4/c1-3-29-17-9-6-15(7-10-17)21(27)26-22(24-14-18-5-4-12-30-18)25-16-8-11-20(28-2)19(23)13-16/h6-11,13,18H,3-5,12,14H2,1-2H3,(H2,24,25,26,27)/t18-/m1/s1. The molecule has 3 rings (SSSR count). The number of nitrogens with zero attached hydrogens (tertiary/aromatic N) is 1. The molecule has 0 unspecified atom stereocenters. The summed E-state index contributed by atoms with van der Waals surface area (Å²) in [5.74, 6) is 1.33. The molecule has 1 atom stereocenters. The quantitative estimate of drug-likeness (QED) is 0.509. The summed E-state index contributed by atoms with van der Waals surface area (Å²) in [6, 6.07) is 12.2. The van der Waals surface area contributed by atoms with E-state index in [1.807, 2.05) is 6.92 Å². The Hall–Kier alpha value is -2.77. The molecular weight excluding hydrogens is 406 g/mol. The number of nitrogens with one attached hydrogen (secondary N) is 2. The van der Waals surface area contributed by atoms with Crippen molar-refractivity contribution in [2.45, 2.75) is 25.9 Å². The van der Waals surface area contributed by atoms with Crippen molar-refractivity contribution in [3.05, 3.63) is 53.1 Å². The van der Waals surface area contributed by atoms with Gasteiger partial charge in [0, 0.05) is 17.9 Å². The molecule has 160 valence electrons. The van der Waals surface area contributed by atoms with Crippen molar-refractivity contribution in [1.82, 2.24) is 5.32 Å². The summed E-state index contributed by atoms with van der Waals surface area (Å²) >= 11 is 6.21. The monoisotopic (exact) mass is 431 g/mol. The third-order valence-corrected chi connectivity index (χ3v) is 4.85. The SMILES string of the molecule is CCOc1ccc(C(=O)NC(=NC[C@H]2CCCO2)Nc2ccc(OC)c(Cl)c2)cc1. The van der Waals surface area contributed by atoms with Crippen molar-refractivity contribution in [2.24, 2.45) is 4.99 Å². The minimum absolute atomic E-state index is 0.0589. The first-order valence-electron chi connectivity index (χ1n) is 9.90. The number of benzene rings is 2. The van der Waals surface area contributed by atoms with E-state index in [-0.39, 0.29) is 12.0 Å². The largest absolute Gasteiger partial charge is 0.495 e. The van der Waals surface area contributed by atoms with E-state index in [4.69, 9.17) is 25.8 Å². The smallest absolute Gasteiger partial charge is 0.257 e. The molecule has 0 aromatic heterocycles. The maximum atomic E-state index is 12.7. The Labute approximate surface area is 181 Å². The molecule has 1 amide bonds. The number of hydrogen-bond acceptors (Lipinski definition) is 5. The predicted octanol–water partition coefficient (Wildman–Crippen LogP) is 4.12. The van der Waals surface area contributed by atoms with Crippen LogP contribution in [0.25, 0.3) is 0 Å². The molecule has 1 aliphatic heterocycles. The topological polar surface area (TPSA) is 81.2 Å². The second-order valence-corrected chi connectivity index (χ2v) is 7.12. The van der Waals surface area contributed by atoms with Crippen molar-refractivity contribution in [2.75, 3.05) is 32.2 Å². The maximum absolute atomic E-state index is 12.7. The molecule has 0 aliphatic carbocycles. The van der Waals surface area contributed by atoms with Gasteiger partial charge in [-0.05, 0) is 62.2 Å². The van der Waals surface area contributed by atoms with E-state index in [0.717, 1.165) is 19.4 Å². The highest BCUT2D eigenvalue weighted by atomic mass is 35.5. The van der Waals surface area contributed by atoms with E-state index >= 15 is 0 Å². The van der Waals surface area contributed by atoms with E-state index in [1.165, 1.54) is 0 Å². The van der Waals surface area contributed by atoms with Crippen LogP contribution in [0.2, 0.25) is 5.02 Å². The first kappa shape index (κ1) is 21.9. The molecule has 0 saturated carbocycles. The summed E-state index contributed by atoms with van der Waals surface area (Å²) in [6.07, 6.45) is 2.04. The second-order valence-electron chi connectivity index (χ2n) is 6.71. The van der Waals surface area contributed by atoms with Gasteiger partial charge in [0.2, 0.25) is 5.96 Å². The van der Waals surface area contributed by atoms with Gasteiger partial charge in [0.05, 0.1) is 31.4 Å². The molecule has 7 nitrogen and oxygen atoms in total. The van der Waals surface area contributed by atoms with Crippen LogP contribution in [0.3, 0.4) is 0 Å². The summed E-state index contributed by atoms with van der Waals surface area (Å²) in [4.78, 5) is 17.3. The maximum Gasteiger partial charge on any atom is 0.257 e. The fourth-order valence-electron chi connectivity index (χ4n) is 3.02. The molecule has 2 aromatic rings. The van der Waals surface area contributed by atoms with Crippen LogP contribution in [0.15, 0.2) is 47.5 Å². The van der Waals surface area contributed by atoms with Gasteiger partial charge in [-0.2, -0.15) is 0 Å². The number of carbonyl (C=O) groups excluding carboxylic acids is 1. The molecule has 30 heavy (non-hydrogen) atoms. The van der Waals surface area contributed by atoms with Gasteiger partial charge < -0.3 is 19.5 Å². The van der Waals surface area contributed by atoms with Gasteiger partial charge in [0.15, 0.2) is 0 Å². The van der Waals surface area contributed by atoms with E-state index in [2.05, 4.69) is 15.6 Å². The molecular formula is C22H26ClN3O4. The Balaban J connectivity index is 1.73. The van der Waals surface area contributed by atoms with Crippen LogP contribution in [0, 0.1) is 0 Å². The van der Waals surface area contributed by atoms with Crippen LogP contribution in [-0.4, -0.2) is 44.8 Å². The van der Waals surface area contributed by atoms with Crippen LogP contribution in [0.1, 0.15) is 30.1 Å². The highest BCUT2D eigenvalue weighted by molar-refractivity contribution is 6.32. The summed E-state index contributed by atoms with van der Waals surface area (Å²) in [5, 5.41) is 6.42. The number of carbonyl (C=O) groups is 1. The third kappa shape index (κ3) is 6.11. The van der Waals surface area contributed by atoms with Gasteiger partial charge >= 0.3 is 0 Å². The zero-order valence-electron chi connectivity index (χ0n) is 17.1. The molecule has 0 spiro atoms. The molecule has 1 saturated heterocycles. The van der Waals surface area contributed by atoms with Crippen molar-refractivity contribution in [1.29, 1.82) is 0 Å². The van der Waals surface area contributed by atoms with Gasteiger partial charge in [-0.25, -0.2) is 4.99 Å².